The molecule has 0 radical (unpaired) electrons. The maximum Gasteiger partial charge on any atom is 0.469 e. The molecule has 0 saturated carbocycles. The maximum atomic E-state index is 11.8. The van der Waals surface area contributed by atoms with Crippen LogP contribution >= 0.6 is 7.82 Å². The first-order valence-electron chi connectivity index (χ1n) is 12.4. The number of carbonyl (C=O) groups is 2. The highest BCUT2D eigenvalue weighted by Crippen LogP contribution is 2.35. The van der Waals surface area contributed by atoms with Gasteiger partial charge in [-0.2, -0.15) is 0 Å². The van der Waals surface area contributed by atoms with Crippen LogP contribution in [-0.4, -0.2) is 78.7 Å². The van der Waals surface area contributed by atoms with Crippen LogP contribution in [0, 0.1) is 0 Å². The second-order valence-electron chi connectivity index (χ2n) is 7.81. The molecule has 0 unspecified atom stereocenters. The van der Waals surface area contributed by atoms with Gasteiger partial charge in [0.15, 0.2) is 6.10 Å². The summed E-state index contributed by atoms with van der Waals surface area (Å²) >= 11 is 0. The molecule has 1 rings (SSSR count). The predicted octanol–water partition coefficient (Wildman–Crippen LogP) is 3.29. The summed E-state index contributed by atoms with van der Waals surface area (Å²) in [4.78, 5) is 43.4. The van der Waals surface area contributed by atoms with Gasteiger partial charge in [0, 0.05) is 38.3 Å². The molecule has 0 aromatic rings. The lowest BCUT2D eigenvalue weighted by molar-refractivity contribution is -0.154. The highest BCUT2D eigenvalue weighted by molar-refractivity contribution is 7.46. The number of esters is 2. The summed E-state index contributed by atoms with van der Waals surface area (Å²) < 4.78 is 25.1. The van der Waals surface area contributed by atoms with Gasteiger partial charge >= 0.3 is 19.8 Å². The smallest absolute Gasteiger partial charge is 0.458 e. The minimum atomic E-state index is -4.76. The molecular formula is C25H43N2O8P. The first kappa shape index (κ1) is 33.9. The van der Waals surface area contributed by atoms with Gasteiger partial charge in [0.05, 0.1) is 6.61 Å². The number of hydrogen-bond donors (Lipinski definition) is 3. The van der Waals surface area contributed by atoms with Crippen molar-refractivity contribution < 1.29 is 37.9 Å². The minimum Gasteiger partial charge on any atom is -0.458 e. The van der Waals surface area contributed by atoms with E-state index in [2.05, 4.69) is 21.7 Å². The van der Waals surface area contributed by atoms with Crippen molar-refractivity contribution in [3.63, 3.8) is 0 Å². The van der Waals surface area contributed by atoms with Crippen molar-refractivity contribution in [2.75, 3.05) is 45.9 Å². The van der Waals surface area contributed by atoms with Crippen molar-refractivity contribution >= 4 is 19.8 Å². The average Bonchev–Trinajstić information content (AvgIpc) is 2.85. The standard InChI is InChI=1S/C19H29O8P.C6H14N2/c1-3-5-7-9-11-13-18(20)25-15-17(16-26-28(22,23)24)27-19(21)14-12-10-8-6-4-2;1-2-8-5-3-7-4-6-8/h7-14,17H,3-6,15-16H2,1-2H3,(H2,22,23,24);7H,2-6H2,1H3/t17-;/m1./s1. The molecule has 10 nitrogen and oxygen atoms in total. The van der Waals surface area contributed by atoms with Crippen LogP contribution in [-0.2, 0) is 28.2 Å². The zero-order valence-electron chi connectivity index (χ0n) is 21.7. The third kappa shape index (κ3) is 22.4. The molecule has 0 bridgehead atoms. The molecule has 1 fully saturated rings. The van der Waals surface area contributed by atoms with Crippen molar-refractivity contribution in [1.82, 2.24) is 10.2 Å². The number of piperazine rings is 1. The topological polar surface area (TPSA) is 135 Å². The third-order valence-electron chi connectivity index (χ3n) is 4.65. The van der Waals surface area contributed by atoms with Crippen LogP contribution in [0.15, 0.2) is 48.6 Å². The molecule has 1 atom stereocenters. The van der Waals surface area contributed by atoms with Crippen molar-refractivity contribution in [3.05, 3.63) is 48.6 Å². The van der Waals surface area contributed by atoms with Crippen LogP contribution in [0.4, 0.5) is 0 Å². The van der Waals surface area contributed by atoms with E-state index >= 15 is 0 Å². The first-order chi connectivity index (χ1) is 17.2. The zero-order valence-corrected chi connectivity index (χ0v) is 22.6. The Morgan fingerprint density at radius 3 is 1.94 bits per heavy atom. The first-order valence-corrected chi connectivity index (χ1v) is 13.9. The van der Waals surface area contributed by atoms with Crippen molar-refractivity contribution in [2.45, 2.75) is 52.6 Å². The van der Waals surface area contributed by atoms with E-state index in [0.29, 0.717) is 0 Å². The highest BCUT2D eigenvalue weighted by Gasteiger charge is 2.22. The summed E-state index contributed by atoms with van der Waals surface area (Å²) in [5, 5.41) is 3.31. The van der Waals surface area contributed by atoms with Gasteiger partial charge in [-0.05, 0) is 19.4 Å². The minimum absolute atomic E-state index is 0.410. The number of nitrogens with zero attached hydrogens (tertiary/aromatic N) is 1. The fourth-order valence-corrected chi connectivity index (χ4v) is 3.06. The number of ether oxygens (including phenoxy) is 2. The molecule has 36 heavy (non-hydrogen) atoms. The predicted molar refractivity (Wildman–Crippen MR) is 140 cm³/mol. The van der Waals surface area contributed by atoms with Crippen LogP contribution in [0.25, 0.3) is 0 Å². The van der Waals surface area contributed by atoms with Crippen LogP contribution in [0.3, 0.4) is 0 Å². The largest absolute Gasteiger partial charge is 0.469 e. The second-order valence-corrected chi connectivity index (χ2v) is 9.05. The van der Waals surface area contributed by atoms with E-state index in [0.717, 1.165) is 31.8 Å². The summed E-state index contributed by atoms with van der Waals surface area (Å²) in [6.45, 7) is 11.3. The Balaban J connectivity index is 0.00000128. The molecule has 0 amide bonds. The molecule has 1 heterocycles. The Morgan fingerprint density at radius 2 is 1.47 bits per heavy atom. The van der Waals surface area contributed by atoms with Gasteiger partial charge < -0.3 is 29.5 Å². The number of likely N-dealkylation sites (N-methyl/N-ethyl adjacent to an activating group) is 1. The molecule has 0 aliphatic carbocycles. The maximum absolute atomic E-state index is 11.8. The fraction of sp³-hybridized carbons (Fsp3) is 0.600. The lowest BCUT2D eigenvalue weighted by Gasteiger charge is -2.25. The number of phosphoric acid groups is 1. The Labute approximate surface area is 215 Å². The van der Waals surface area contributed by atoms with E-state index in [1.165, 1.54) is 51.0 Å². The van der Waals surface area contributed by atoms with Crippen LogP contribution in [0.2, 0.25) is 0 Å². The Kier molecular flexibility index (Phi) is 20.9. The quantitative estimate of drug-likeness (QED) is 0.125. The summed E-state index contributed by atoms with van der Waals surface area (Å²) in [7, 11) is -4.76. The van der Waals surface area contributed by atoms with Crippen molar-refractivity contribution in [3.8, 4) is 0 Å². The molecule has 1 saturated heterocycles. The molecule has 11 heteroatoms. The lowest BCUT2D eigenvalue weighted by Crippen LogP contribution is -2.43. The van der Waals surface area contributed by atoms with E-state index in [1.807, 2.05) is 26.0 Å². The molecular weight excluding hydrogens is 487 g/mol. The van der Waals surface area contributed by atoms with Gasteiger partial charge in [-0.15, -0.1) is 0 Å². The zero-order chi connectivity index (χ0) is 27.1. The Bertz CT molecular complexity index is 755. The van der Waals surface area contributed by atoms with Crippen LogP contribution < -0.4 is 5.32 Å². The summed E-state index contributed by atoms with van der Waals surface area (Å²) in [5.74, 6) is -1.44. The van der Waals surface area contributed by atoms with E-state index in [1.54, 1.807) is 12.2 Å². The fourth-order valence-electron chi connectivity index (χ4n) is 2.70. The van der Waals surface area contributed by atoms with Gasteiger partial charge in [-0.1, -0.05) is 70.1 Å². The highest BCUT2D eigenvalue weighted by atomic mass is 31.2. The molecule has 0 aromatic heterocycles. The average molecular weight is 531 g/mol. The van der Waals surface area contributed by atoms with E-state index in [9.17, 15) is 14.2 Å². The number of carbonyl (C=O) groups excluding carboxylic acids is 2. The molecule has 1 aliphatic heterocycles. The number of hydrogen-bond acceptors (Lipinski definition) is 8. The summed E-state index contributed by atoms with van der Waals surface area (Å²) in [6, 6.07) is 0. The number of nitrogens with one attached hydrogen (secondary N) is 1. The normalized spacial score (nSPS) is 15.9. The van der Waals surface area contributed by atoms with Crippen LogP contribution in [0.1, 0.15) is 46.5 Å². The number of unbranched alkanes of at least 4 members (excludes halogenated alkanes) is 2. The van der Waals surface area contributed by atoms with Gasteiger partial charge in [0.1, 0.15) is 6.61 Å². The molecule has 206 valence electrons. The molecule has 3 N–H and O–H groups in total. The van der Waals surface area contributed by atoms with Crippen molar-refractivity contribution in [2.24, 2.45) is 0 Å². The monoisotopic (exact) mass is 530 g/mol. The summed E-state index contributed by atoms with van der Waals surface area (Å²) in [5.41, 5.74) is 0. The Morgan fingerprint density at radius 1 is 0.917 bits per heavy atom. The third-order valence-corrected chi connectivity index (χ3v) is 5.13. The van der Waals surface area contributed by atoms with Gasteiger partial charge in [0.25, 0.3) is 0 Å². The number of rotatable bonds is 15. The Hall–Kier alpha value is -2.07. The molecule has 0 spiro atoms. The molecule has 1 aliphatic rings. The second kappa shape index (κ2) is 22.2. The van der Waals surface area contributed by atoms with Gasteiger partial charge in [-0.3, -0.25) is 4.52 Å². The van der Waals surface area contributed by atoms with Crippen LogP contribution in [0.5, 0.6) is 0 Å². The lowest BCUT2D eigenvalue weighted by atomic mass is 10.3. The van der Waals surface area contributed by atoms with Gasteiger partial charge in [-0.25, -0.2) is 14.2 Å². The number of allylic oxidation sites excluding steroid dienone is 6. The van der Waals surface area contributed by atoms with Crippen molar-refractivity contribution in [1.29, 1.82) is 0 Å². The SMILES string of the molecule is CCCC=CC=CC(=O)OC[C@H](COP(=O)(O)O)OC(=O)C=CC=CCCC.CCN1CCNCC1. The molecule has 0 aromatic carbocycles. The number of phosphoric ester groups is 1. The van der Waals surface area contributed by atoms with E-state index < -0.39 is 39.1 Å². The van der Waals surface area contributed by atoms with Gasteiger partial charge in [0.2, 0.25) is 0 Å². The summed E-state index contributed by atoms with van der Waals surface area (Å²) in [6.07, 6.45) is 15.0. The van der Waals surface area contributed by atoms with E-state index in [-0.39, 0.29) is 0 Å². The van der Waals surface area contributed by atoms with E-state index in [4.69, 9.17) is 19.3 Å².